The van der Waals surface area contributed by atoms with Gasteiger partial charge in [-0.3, -0.25) is 10.1 Å². The highest BCUT2D eigenvalue weighted by Crippen LogP contribution is 2.57. The van der Waals surface area contributed by atoms with Gasteiger partial charge in [0.05, 0.1) is 6.10 Å². The molecule has 1 aliphatic heterocycles. The van der Waals surface area contributed by atoms with Gasteiger partial charge >= 0.3 is 0 Å². The monoisotopic (exact) mass is 488 g/mol. The van der Waals surface area contributed by atoms with Crippen LogP contribution in [0.15, 0.2) is 11.3 Å². The van der Waals surface area contributed by atoms with Gasteiger partial charge < -0.3 is 15.0 Å². The van der Waals surface area contributed by atoms with Gasteiger partial charge in [-0.1, -0.05) is 6.42 Å². The summed E-state index contributed by atoms with van der Waals surface area (Å²) < 4.78 is 6.00. The molecule has 8 heteroatoms. The number of nitrogens with one attached hydrogen (secondary N) is 2. The van der Waals surface area contributed by atoms with Crippen molar-refractivity contribution in [1.29, 1.82) is 0 Å². The molecule has 0 bridgehead atoms. The fourth-order valence-electron chi connectivity index (χ4n) is 4.96. The molecule has 2 atom stereocenters. The minimum atomic E-state index is 0. The maximum absolute atomic E-state index is 6.00. The normalized spacial score (nSPS) is 27.6. The van der Waals surface area contributed by atoms with Gasteiger partial charge in [-0.2, -0.15) is 5.10 Å². The Hall–Kier alpha value is -0.900. The van der Waals surface area contributed by atoms with Crippen LogP contribution in [-0.4, -0.2) is 64.4 Å². The highest BCUT2D eigenvalue weighted by atomic mass is 127. The molecule has 2 aliphatic carbocycles. The topological polar surface area (TPSA) is 78.4 Å². The van der Waals surface area contributed by atoms with Gasteiger partial charge in [0.15, 0.2) is 5.96 Å². The van der Waals surface area contributed by atoms with E-state index in [1.807, 2.05) is 0 Å². The summed E-state index contributed by atoms with van der Waals surface area (Å²) in [5, 5.41) is 10.8. The average molecular weight is 488 g/mol. The van der Waals surface area contributed by atoms with Crippen LogP contribution in [0.3, 0.4) is 0 Å². The van der Waals surface area contributed by atoms with Gasteiger partial charge in [0.2, 0.25) is 0 Å². The zero-order valence-electron chi connectivity index (χ0n) is 16.5. The predicted octanol–water partition coefficient (Wildman–Crippen LogP) is 2.92. The fourth-order valence-corrected chi connectivity index (χ4v) is 4.96. The van der Waals surface area contributed by atoms with Crippen LogP contribution in [0.5, 0.6) is 0 Å². The van der Waals surface area contributed by atoms with Crippen molar-refractivity contribution >= 4 is 29.9 Å². The van der Waals surface area contributed by atoms with E-state index in [9.17, 15) is 0 Å². The number of aliphatic imine (C=N–C) groups is 1. The van der Waals surface area contributed by atoms with Crippen LogP contribution in [0.1, 0.15) is 64.1 Å². The van der Waals surface area contributed by atoms with Crippen molar-refractivity contribution in [2.45, 2.75) is 70.4 Å². The number of aromatic amines is 1. The first kappa shape index (κ1) is 20.8. The van der Waals surface area contributed by atoms with Crippen LogP contribution in [-0.2, 0) is 4.74 Å². The number of guanidine groups is 1. The second kappa shape index (κ2) is 9.07. The molecule has 1 aromatic heterocycles. The number of hydrogen-bond acceptors (Lipinski definition) is 4. The summed E-state index contributed by atoms with van der Waals surface area (Å²) >= 11 is 0. The molecule has 3 aliphatic rings. The lowest BCUT2D eigenvalue weighted by Gasteiger charge is -2.61. The quantitative estimate of drug-likeness (QED) is 0.379. The van der Waals surface area contributed by atoms with Crippen LogP contribution in [0.4, 0.5) is 0 Å². The lowest BCUT2D eigenvalue weighted by Crippen LogP contribution is -2.69. The average Bonchev–Trinajstić information content (AvgIpc) is 3.13. The summed E-state index contributed by atoms with van der Waals surface area (Å²) in [6.45, 7) is 7.91. The molecule has 2 heterocycles. The maximum atomic E-state index is 6.00. The van der Waals surface area contributed by atoms with Crippen LogP contribution < -0.4 is 5.32 Å². The number of rotatable bonds is 5. The van der Waals surface area contributed by atoms with Gasteiger partial charge in [0, 0.05) is 43.6 Å². The zero-order valence-corrected chi connectivity index (χ0v) is 18.8. The van der Waals surface area contributed by atoms with Crippen LogP contribution in [0, 0.1) is 5.41 Å². The third-order valence-corrected chi connectivity index (χ3v) is 6.66. The fraction of sp³-hybridized carbons (Fsp3) is 0.842. The summed E-state index contributed by atoms with van der Waals surface area (Å²) in [6.07, 6.45) is 9.28. The minimum Gasteiger partial charge on any atom is -0.378 e. The first-order valence-electron chi connectivity index (χ1n) is 10.3. The van der Waals surface area contributed by atoms with E-state index >= 15 is 0 Å². The van der Waals surface area contributed by atoms with Crippen LogP contribution >= 0.6 is 24.0 Å². The summed E-state index contributed by atoms with van der Waals surface area (Å²) in [6, 6.07) is 0.519. The Morgan fingerprint density at radius 2 is 2.15 bits per heavy atom. The lowest BCUT2D eigenvalue weighted by atomic mass is 9.51. The zero-order chi connectivity index (χ0) is 18.0. The smallest absolute Gasteiger partial charge is 0.194 e. The Morgan fingerprint density at radius 1 is 1.37 bits per heavy atom. The Kier molecular flexibility index (Phi) is 6.99. The van der Waals surface area contributed by atoms with E-state index in [2.05, 4.69) is 39.2 Å². The van der Waals surface area contributed by atoms with E-state index in [0.29, 0.717) is 23.5 Å². The van der Waals surface area contributed by atoms with Gasteiger partial charge in [-0.25, -0.2) is 4.98 Å². The second-order valence-electron chi connectivity index (χ2n) is 7.89. The van der Waals surface area contributed by atoms with Crippen molar-refractivity contribution in [3.05, 3.63) is 12.2 Å². The molecular weight excluding hydrogens is 455 g/mol. The molecule has 2 N–H and O–H groups in total. The third-order valence-electron chi connectivity index (χ3n) is 6.66. The van der Waals surface area contributed by atoms with E-state index in [4.69, 9.17) is 9.73 Å². The molecule has 1 aromatic rings. The molecule has 3 fully saturated rings. The number of piperidine rings is 1. The molecule has 0 radical (unpaired) electrons. The molecule has 1 saturated heterocycles. The molecule has 1 spiro atoms. The minimum absolute atomic E-state index is 0. The number of halogens is 1. The van der Waals surface area contributed by atoms with E-state index < -0.39 is 0 Å². The van der Waals surface area contributed by atoms with E-state index in [-0.39, 0.29) is 24.0 Å². The molecule has 27 heavy (non-hydrogen) atoms. The lowest BCUT2D eigenvalue weighted by molar-refractivity contribution is -0.169. The number of aromatic nitrogens is 3. The SMILES string of the molecule is CCN=C(NC1CC(OCC)C12CCC2)N1CCC(c2ncn[nH]2)CC1.I. The van der Waals surface area contributed by atoms with Crippen molar-refractivity contribution in [2.75, 3.05) is 26.2 Å². The second-order valence-corrected chi connectivity index (χ2v) is 7.89. The van der Waals surface area contributed by atoms with Crippen LogP contribution in [0.25, 0.3) is 0 Å². The summed E-state index contributed by atoms with van der Waals surface area (Å²) in [7, 11) is 0. The molecule has 2 unspecified atom stereocenters. The Balaban J connectivity index is 0.00000210. The van der Waals surface area contributed by atoms with Crippen molar-refractivity contribution in [2.24, 2.45) is 10.4 Å². The molecule has 0 amide bonds. The van der Waals surface area contributed by atoms with E-state index in [0.717, 1.165) is 57.3 Å². The standard InChI is InChI=1S/C19H32N6O.HI/c1-3-20-18(23-15-12-16(26-4-2)19(15)8-5-9-19)25-10-6-14(7-11-25)17-21-13-22-24-17;/h13-16H,3-12H2,1-2H3,(H,20,23)(H,21,22,24);1H. The van der Waals surface area contributed by atoms with Gasteiger partial charge in [0.25, 0.3) is 0 Å². The highest BCUT2D eigenvalue weighted by molar-refractivity contribution is 14.0. The number of H-pyrrole nitrogens is 1. The van der Waals surface area contributed by atoms with Gasteiger partial charge in [-0.15, -0.1) is 24.0 Å². The highest BCUT2D eigenvalue weighted by Gasteiger charge is 2.59. The molecular formula is C19H33IN6O. The molecule has 152 valence electrons. The Labute approximate surface area is 179 Å². The van der Waals surface area contributed by atoms with Gasteiger partial charge in [-0.05, 0) is 46.0 Å². The molecule has 4 rings (SSSR count). The van der Waals surface area contributed by atoms with Gasteiger partial charge in [0.1, 0.15) is 12.2 Å². The van der Waals surface area contributed by atoms with Crippen LogP contribution in [0.2, 0.25) is 0 Å². The molecule has 0 aromatic carbocycles. The van der Waals surface area contributed by atoms with Crippen molar-refractivity contribution in [3.63, 3.8) is 0 Å². The first-order chi connectivity index (χ1) is 12.8. The van der Waals surface area contributed by atoms with E-state index in [1.54, 1.807) is 6.33 Å². The summed E-state index contributed by atoms with van der Waals surface area (Å²) in [5.74, 6) is 2.61. The Bertz CT molecular complexity index is 610. The summed E-state index contributed by atoms with van der Waals surface area (Å²) in [4.78, 5) is 11.6. The van der Waals surface area contributed by atoms with Crippen molar-refractivity contribution in [3.8, 4) is 0 Å². The van der Waals surface area contributed by atoms with E-state index in [1.165, 1.54) is 19.3 Å². The Morgan fingerprint density at radius 3 is 2.70 bits per heavy atom. The third kappa shape index (κ3) is 3.97. The summed E-state index contributed by atoms with van der Waals surface area (Å²) in [5.41, 5.74) is 0.364. The largest absolute Gasteiger partial charge is 0.378 e. The molecule has 2 saturated carbocycles. The maximum Gasteiger partial charge on any atom is 0.194 e. The predicted molar refractivity (Wildman–Crippen MR) is 117 cm³/mol. The number of nitrogens with zero attached hydrogens (tertiary/aromatic N) is 4. The number of ether oxygens (including phenoxy) is 1. The number of likely N-dealkylation sites (tertiary alicyclic amines) is 1. The van der Waals surface area contributed by atoms with Crippen molar-refractivity contribution < 1.29 is 4.74 Å². The molecule has 7 nitrogen and oxygen atoms in total. The first-order valence-corrected chi connectivity index (χ1v) is 10.3. The van der Waals surface area contributed by atoms with Crippen molar-refractivity contribution in [1.82, 2.24) is 25.4 Å². The number of hydrogen-bond donors (Lipinski definition) is 2.